The van der Waals surface area contributed by atoms with E-state index in [9.17, 15) is 0 Å². The van der Waals surface area contributed by atoms with Crippen molar-refractivity contribution < 1.29 is 0 Å². The Balaban J connectivity index is 2.35. The fourth-order valence-electron chi connectivity index (χ4n) is 2.69. The monoisotopic (exact) mass is 258 g/mol. The van der Waals surface area contributed by atoms with Gasteiger partial charge in [-0.1, -0.05) is 80.2 Å². The lowest BCUT2D eigenvalue weighted by molar-refractivity contribution is 1.25. The average molecular weight is 258 g/mol. The van der Waals surface area contributed by atoms with Crippen molar-refractivity contribution in [2.24, 2.45) is 0 Å². The van der Waals surface area contributed by atoms with Gasteiger partial charge in [-0.3, -0.25) is 0 Å². The van der Waals surface area contributed by atoms with Gasteiger partial charge in [0.05, 0.1) is 0 Å². The second-order valence-electron chi connectivity index (χ2n) is 5.03. The first kappa shape index (κ1) is 12.7. The van der Waals surface area contributed by atoms with Crippen LogP contribution in [0.3, 0.4) is 0 Å². The first-order valence-electron chi connectivity index (χ1n) is 7.06. The van der Waals surface area contributed by atoms with E-state index < -0.39 is 0 Å². The Morgan fingerprint density at radius 3 is 2.30 bits per heavy atom. The molecule has 0 N–H and O–H groups in total. The second-order valence-corrected chi connectivity index (χ2v) is 5.03. The third kappa shape index (κ3) is 2.14. The largest absolute Gasteiger partial charge is 0.0952 e. The molecule has 0 radical (unpaired) electrons. The Bertz CT molecular complexity index is 751. The highest BCUT2D eigenvalue weighted by Crippen LogP contribution is 2.35. The van der Waals surface area contributed by atoms with Crippen molar-refractivity contribution in [1.29, 1.82) is 0 Å². The summed E-state index contributed by atoms with van der Waals surface area (Å²) in [6, 6.07) is 23.5. The third-order valence-corrected chi connectivity index (χ3v) is 3.79. The minimum Gasteiger partial charge on any atom is -0.0952 e. The van der Waals surface area contributed by atoms with Gasteiger partial charge in [0, 0.05) is 0 Å². The highest BCUT2D eigenvalue weighted by Gasteiger charge is 2.11. The zero-order valence-corrected chi connectivity index (χ0v) is 11.8. The highest BCUT2D eigenvalue weighted by atomic mass is 14.1. The number of hydrogen-bond acceptors (Lipinski definition) is 0. The van der Waals surface area contributed by atoms with E-state index in [1.54, 1.807) is 0 Å². The Hall–Kier alpha value is -2.34. The molecule has 3 aromatic carbocycles. The molecule has 0 aliphatic heterocycles. The predicted octanol–water partition coefficient (Wildman–Crippen LogP) is 5.93. The van der Waals surface area contributed by atoms with Crippen LogP contribution in [0.5, 0.6) is 0 Å². The molecule has 0 heterocycles. The van der Waals surface area contributed by atoms with E-state index in [1.807, 2.05) is 0 Å². The van der Waals surface area contributed by atoms with Crippen molar-refractivity contribution in [1.82, 2.24) is 0 Å². The fraction of sp³-hybridized carbons (Fsp3) is 0.100. The normalized spacial score (nSPS) is 10.7. The molecule has 0 aliphatic rings. The molecule has 0 aromatic heterocycles. The molecule has 0 atom stereocenters. The van der Waals surface area contributed by atoms with Gasteiger partial charge in [-0.05, 0) is 39.5 Å². The molecule has 3 aromatic rings. The number of rotatable bonds is 3. The summed E-state index contributed by atoms with van der Waals surface area (Å²) >= 11 is 0. The molecule has 0 heteroatoms. The fourth-order valence-corrected chi connectivity index (χ4v) is 2.69. The maximum Gasteiger partial charge on any atom is -0.00733 e. The van der Waals surface area contributed by atoms with Crippen LogP contribution in [-0.2, 0) is 0 Å². The summed E-state index contributed by atoms with van der Waals surface area (Å²) in [5.74, 6) is 0. The molecule has 20 heavy (non-hydrogen) atoms. The van der Waals surface area contributed by atoms with Crippen LogP contribution in [0.1, 0.15) is 18.9 Å². The van der Waals surface area contributed by atoms with Crippen molar-refractivity contribution in [3.63, 3.8) is 0 Å². The lowest BCUT2D eigenvalue weighted by Gasteiger charge is -2.15. The van der Waals surface area contributed by atoms with Crippen LogP contribution in [0, 0.1) is 0 Å². The summed E-state index contributed by atoms with van der Waals surface area (Å²) in [6.07, 6.45) is 0.966. The van der Waals surface area contributed by atoms with E-state index in [2.05, 4.69) is 80.2 Å². The number of benzene rings is 3. The quantitative estimate of drug-likeness (QED) is 0.546. The standard InChI is InChI=1S/C20H18/c1-3-15(2)20-18-12-8-7-11-17(18)13-14-19(20)16-9-5-4-6-10-16/h4-14H,2-3H2,1H3. The minimum absolute atomic E-state index is 0.966. The van der Waals surface area contributed by atoms with Crippen LogP contribution in [0.15, 0.2) is 73.3 Å². The van der Waals surface area contributed by atoms with Crippen molar-refractivity contribution >= 4 is 16.3 Å². The first-order chi connectivity index (χ1) is 9.81. The van der Waals surface area contributed by atoms with Crippen molar-refractivity contribution in [3.05, 3.63) is 78.9 Å². The maximum absolute atomic E-state index is 4.28. The Kier molecular flexibility index (Phi) is 3.39. The predicted molar refractivity (Wildman–Crippen MR) is 88.7 cm³/mol. The summed E-state index contributed by atoms with van der Waals surface area (Å²) in [4.78, 5) is 0. The average Bonchev–Trinajstić information content (AvgIpc) is 2.54. The minimum atomic E-state index is 0.966. The SMILES string of the molecule is C=C(CC)c1c(-c2ccccc2)ccc2ccccc12. The molecule has 0 aliphatic carbocycles. The Morgan fingerprint density at radius 2 is 1.55 bits per heavy atom. The molecular formula is C20H18. The van der Waals surface area contributed by atoms with Gasteiger partial charge in [-0.15, -0.1) is 0 Å². The molecule has 0 spiro atoms. The third-order valence-electron chi connectivity index (χ3n) is 3.79. The molecule has 0 bridgehead atoms. The zero-order valence-electron chi connectivity index (χ0n) is 11.8. The lowest BCUT2D eigenvalue weighted by atomic mass is 9.89. The van der Waals surface area contributed by atoms with Gasteiger partial charge < -0.3 is 0 Å². The van der Waals surface area contributed by atoms with E-state index in [1.165, 1.54) is 33.0 Å². The molecular weight excluding hydrogens is 240 g/mol. The molecule has 0 saturated heterocycles. The van der Waals surface area contributed by atoms with Crippen LogP contribution in [-0.4, -0.2) is 0 Å². The van der Waals surface area contributed by atoms with E-state index in [-0.39, 0.29) is 0 Å². The van der Waals surface area contributed by atoms with Crippen LogP contribution >= 0.6 is 0 Å². The molecule has 3 rings (SSSR count). The topological polar surface area (TPSA) is 0 Å². The summed E-state index contributed by atoms with van der Waals surface area (Å²) < 4.78 is 0. The van der Waals surface area contributed by atoms with Gasteiger partial charge in [0.25, 0.3) is 0 Å². The Morgan fingerprint density at radius 1 is 0.850 bits per heavy atom. The van der Waals surface area contributed by atoms with Crippen LogP contribution in [0.2, 0.25) is 0 Å². The molecule has 0 nitrogen and oxygen atoms in total. The van der Waals surface area contributed by atoms with Crippen molar-refractivity contribution in [2.45, 2.75) is 13.3 Å². The van der Waals surface area contributed by atoms with Gasteiger partial charge in [-0.2, -0.15) is 0 Å². The zero-order chi connectivity index (χ0) is 13.9. The molecule has 0 amide bonds. The van der Waals surface area contributed by atoms with E-state index in [4.69, 9.17) is 0 Å². The molecule has 0 saturated carbocycles. The number of hydrogen-bond donors (Lipinski definition) is 0. The van der Waals surface area contributed by atoms with Gasteiger partial charge in [0.1, 0.15) is 0 Å². The van der Waals surface area contributed by atoms with E-state index in [0.29, 0.717) is 0 Å². The lowest BCUT2D eigenvalue weighted by Crippen LogP contribution is -1.90. The van der Waals surface area contributed by atoms with Crippen LogP contribution < -0.4 is 0 Å². The summed E-state index contributed by atoms with van der Waals surface area (Å²) in [5.41, 5.74) is 5.01. The van der Waals surface area contributed by atoms with Crippen LogP contribution in [0.25, 0.3) is 27.5 Å². The van der Waals surface area contributed by atoms with Gasteiger partial charge in [0.2, 0.25) is 0 Å². The Labute approximate surface area is 120 Å². The van der Waals surface area contributed by atoms with Gasteiger partial charge >= 0.3 is 0 Å². The number of fused-ring (bicyclic) bond motifs is 1. The molecule has 0 unspecified atom stereocenters. The summed E-state index contributed by atoms with van der Waals surface area (Å²) in [6.45, 7) is 6.45. The highest BCUT2D eigenvalue weighted by molar-refractivity contribution is 6.00. The molecule has 0 fully saturated rings. The molecule has 98 valence electrons. The van der Waals surface area contributed by atoms with Gasteiger partial charge in [-0.25, -0.2) is 0 Å². The van der Waals surface area contributed by atoms with E-state index in [0.717, 1.165) is 6.42 Å². The van der Waals surface area contributed by atoms with Crippen LogP contribution in [0.4, 0.5) is 0 Å². The van der Waals surface area contributed by atoms with Crippen molar-refractivity contribution in [2.75, 3.05) is 0 Å². The first-order valence-corrected chi connectivity index (χ1v) is 7.06. The summed E-state index contributed by atoms with van der Waals surface area (Å²) in [7, 11) is 0. The van der Waals surface area contributed by atoms with Gasteiger partial charge in [0.15, 0.2) is 0 Å². The second kappa shape index (κ2) is 5.34. The van der Waals surface area contributed by atoms with Crippen molar-refractivity contribution in [3.8, 4) is 11.1 Å². The maximum atomic E-state index is 4.28. The van der Waals surface area contributed by atoms with E-state index >= 15 is 0 Å². The summed E-state index contributed by atoms with van der Waals surface area (Å²) in [5, 5.41) is 2.57. The smallest absolute Gasteiger partial charge is 0.00733 e. The number of allylic oxidation sites excluding steroid dienone is 1.